The molecule has 0 saturated heterocycles. The van der Waals surface area contributed by atoms with Crippen LogP contribution in [0.2, 0.25) is 0 Å². The van der Waals surface area contributed by atoms with E-state index < -0.39 is 67.9 Å². The maximum Gasteiger partial charge on any atom is 0.416 e. The molecule has 0 aliphatic carbocycles. The Balaban J connectivity index is 3.93. The largest absolute Gasteiger partial charge is 0.462 e. The van der Waals surface area contributed by atoms with Gasteiger partial charge in [0.2, 0.25) is 0 Å². The van der Waals surface area contributed by atoms with Crippen LogP contribution < -0.4 is 0 Å². The molecule has 0 amide bonds. The number of ether oxygens (including phenoxy) is 1. The monoisotopic (exact) mass is 458 g/mol. The molecule has 0 bridgehead atoms. The zero-order valence-electron chi connectivity index (χ0n) is 16.1. The number of alkyl halides is 6. The van der Waals surface area contributed by atoms with Gasteiger partial charge in [0.25, 0.3) is 0 Å². The lowest BCUT2D eigenvalue weighted by molar-refractivity contribution is -0.150. The second-order valence-electron chi connectivity index (χ2n) is 6.68. The standard InChI is InChI=1S/C19H20F6O4S/c1-5-7-17(8-6-2,16(26)29-12(3)4)30(27,28)15-10-13(18(20,21)22)9-14(11-15)19(23,24)25/h5-6,9-12H,1-2,7-8H2,3-4H3. The molecular formula is C19H20F6O4S. The van der Waals surface area contributed by atoms with Gasteiger partial charge in [-0.2, -0.15) is 26.3 Å². The van der Waals surface area contributed by atoms with Crippen LogP contribution in [0.1, 0.15) is 37.8 Å². The summed E-state index contributed by atoms with van der Waals surface area (Å²) in [6.45, 7) is 9.50. The second kappa shape index (κ2) is 8.83. The van der Waals surface area contributed by atoms with Gasteiger partial charge in [0.15, 0.2) is 14.6 Å². The van der Waals surface area contributed by atoms with Gasteiger partial charge in [0.05, 0.1) is 22.1 Å². The Kier molecular flexibility index (Phi) is 7.57. The first-order valence-electron chi connectivity index (χ1n) is 8.50. The average Bonchev–Trinajstić information content (AvgIpc) is 2.58. The van der Waals surface area contributed by atoms with Crippen molar-refractivity contribution in [1.82, 2.24) is 0 Å². The van der Waals surface area contributed by atoms with E-state index in [-0.39, 0.29) is 18.2 Å². The summed E-state index contributed by atoms with van der Waals surface area (Å²) in [5, 5.41) is 0. The van der Waals surface area contributed by atoms with Gasteiger partial charge in [-0.3, -0.25) is 4.79 Å². The van der Waals surface area contributed by atoms with Gasteiger partial charge in [-0.25, -0.2) is 8.42 Å². The van der Waals surface area contributed by atoms with Crippen molar-refractivity contribution in [1.29, 1.82) is 0 Å². The number of sulfone groups is 1. The predicted octanol–water partition coefficient (Wildman–Crippen LogP) is 5.34. The Morgan fingerprint density at radius 1 is 0.967 bits per heavy atom. The van der Waals surface area contributed by atoms with Crippen molar-refractivity contribution in [3.8, 4) is 0 Å². The van der Waals surface area contributed by atoms with Gasteiger partial charge >= 0.3 is 18.3 Å². The Morgan fingerprint density at radius 2 is 1.37 bits per heavy atom. The molecule has 0 N–H and O–H groups in total. The van der Waals surface area contributed by atoms with Gasteiger partial charge in [-0.05, 0) is 44.9 Å². The summed E-state index contributed by atoms with van der Waals surface area (Å²) in [7, 11) is -5.11. The zero-order valence-corrected chi connectivity index (χ0v) is 16.9. The molecule has 0 heterocycles. The molecule has 0 aliphatic rings. The first-order chi connectivity index (χ1) is 13.5. The summed E-state index contributed by atoms with van der Waals surface area (Å²) in [6, 6.07) is -0.0730. The fraction of sp³-hybridized carbons (Fsp3) is 0.421. The van der Waals surface area contributed by atoms with Crippen LogP contribution in [0.15, 0.2) is 48.4 Å². The lowest BCUT2D eigenvalue weighted by atomic mass is 10.0. The summed E-state index contributed by atoms with van der Waals surface area (Å²) in [5.41, 5.74) is -3.64. The van der Waals surface area contributed by atoms with Crippen molar-refractivity contribution in [2.75, 3.05) is 0 Å². The van der Waals surface area contributed by atoms with Gasteiger partial charge in [0.1, 0.15) is 0 Å². The predicted molar refractivity (Wildman–Crippen MR) is 97.2 cm³/mol. The summed E-state index contributed by atoms with van der Waals surface area (Å²) in [6.07, 6.45) is -10.5. The lowest BCUT2D eigenvalue weighted by Crippen LogP contribution is -2.48. The number of hydrogen-bond donors (Lipinski definition) is 0. The highest BCUT2D eigenvalue weighted by Gasteiger charge is 2.52. The van der Waals surface area contributed by atoms with E-state index >= 15 is 0 Å². The third-order valence-electron chi connectivity index (χ3n) is 4.05. The lowest BCUT2D eigenvalue weighted by Gasteiger charge is -2.30. The summed E-state index contributed by atoms with van der Waals surface area (Å²) >= 11 is 0. The number of esters is 1. The van der Waals surface area contributed by atoms with E-state index in [1.807, 2.05) is 0 Å². The molecule has 0 atom stereocenters. The van der Waals surface area contributed by atoms with E-state index in [2.05, 4.69) is 13.2 Å². The summed E-state index contributed by atoms with van der Waals surface area (Å²) < 4.78 is 108. The van der Waals surface area contributed by atoms with E-state index in [0.717, 1.165) is 12.2 Å². The maximum absolute atomic E-state index is 13.3. The molecule has 1 aromatic rings. The Labute approximate surface area is 170 Å². The molecular weight excluding hydrogens is 438 g/mol. The van der Waals surface area contributed by atoms with Crippen molar-refractivity contribution < 1.29 is 44.3 Å². The molecule has 0 saturated carbocycles. The zero-order chi connectivity index (χ0) is 23.5. The molecule has 4 nitrogen and oxygen atoms in total. The quantitative estimate of drug-likeness (QED) is 0.300. The fourth-order valence-corrected chi connectivity index (χ4v) is 4.63. The van der Waals surface area contributed by atoms with Crippen LogP contribution in [0.5, 0.6) is 0 Å². The molecule has 0 fully saturated rings. The highest BCUT2D eigenvalue weighted by molar-refractivity contribution is 7.93. The number of rotatable bonds is 8. The molecule has 1 rings (SSSR count). The van der Waals surface area contributed by atoms with Crippen molar-refractivity contribution >= 4 is 15.8 Å². The molecule has 0 spiro atoms. The topological polar surface area (TPSA) is 60.4 Å². The number of benzene rings is 1. The minimum atomic E-state index is -5.26. The summed E-state index contributed by atoms with van der Waals surface area (Å²) in [4.78, 5) is 11.4. The number of halogens is 6. The van der Waals surface area contributed by atoms with E-state index in [1.54, 1.807) is 0 Å². The number of carbonyl (C=O) groups excluding carboxylic acids is 1. The van der Waals surface area contributed by atoms with Crippen LogP contribution in [-0.4, -0.2) is 25.2 Å². The minimum absolute atomic E-state index is 0.0636. The number of allylic oxidation sites excluding steroid dienone is 2. The average molecular weight is 458 g/mol. The maximum atomic E-state index is 13.3. The molecule has 168 valence electrons. The molecule has 0 aliphatic heterocycles. The van der Waals surface area contributed by atoms with Crippen LogP contribution >= 0.6 is 0 Å². The van der Waals surface area contributed by atoms with Crippen molar-refractivity contribution in [3.05, 3.63) is 54.6 Å². The normalized spacial score (nSPS) is 13.2. The van der Waals surface area contributed by atoms with Gasteiger partial charge in [0, 0.05) is 0 Å². The van der Waals surface area contributed by atoms with E-state index in [9.17, 15) is 39.6 Å². The third-order valence-corrected chi connectivity index (χ3v) is 6.43. The summed E-state index contributed by atoms with van der Waals surface area (Å²) in [5.74, 6) is -1.33. The molecule has 11 heteroatoms. The van der Waals surface area contributed by atoms with Crippen LogP contribution in [0, 0.1) is 0 Å². The molecule has 1 aromatic carbocycles. The first kappa shape index (κ1) is 25.7. The highest BCUT2D eigenvalue weighted by atomic mass is 32.2. The Hall–Kier alpha value is -2.30. The Morgan fingerprint density at radius 3 is 1.67 bits per heavy atom. The van der Waals surface area contributed by atoms with Crippen molar-refractivity contribution in [2.24, 2.45) is 0 Å². The van der Waals surface area contributed by atoms with Crippen LogP contribution in [0.4, 0.5) is 26.3 Å². The number of carbonyl (C=O) groups is 1. The van der Waals surface area contributed by atoms with Crippen LogP contribution in [-0.2, 0) is 31.7 Å². The van der Waals surface area contributed by atoms with Crippen LogP contribution in [0.25, 0.3) is 0 Å². The molecule has 30 heavy (non-hydrogen) atoms. The SMILES string of the molecule is C=CCC(CC=C)(C(=O)OC(C)C)S(=O)(=O)c1cc(C(F)(F)F)cc(C(F)(F)F)c1. The molecule has 0 radical (unpaired) electrons. The van der Waals surface area contributed by atoms with E-state index in [4.69, 9.17) is 4.74 Å². The molecule has 0 aromatic heterocycles. The van der Waals surface area contributed by atoms with E-state index in [1.165, 1.54) is 13.8 Å². The van der Waals surface area contributed by atoms with Gasteiger partial charge in [-0.1, -0.05) is 12.2 Å². The fourth-order valence-electron chi connectivity index (χ4n) is 2.67. The molecule has 0 unspecified atom stereocenters. The van der Waals surface area contributed by atoms with Crippen molar-refractivity contribution in [2.45, 2.75) is 54.8 Å². The Bertz CT molecular complexity index is 872. The van der Waals surface area contributed by atoms with E-state index in [0.29, 0.717) is 0 Å². The van der Waals surface area contributed by atoms with Crippen molar-refractivity contribution in [3.63, 3.8) is 0 Å². The van der Waals surface area contributed by atoms with Gasteiger partial charge in [-0.15, -0.1) is 13.2 Å². The minimum Gasteiger partial charge on any atom is -0.462 e. The highest BCUT2D eigenvalue weighted by Crippen LogP contribution is 2.41. The smallest absolute Gasteiger partial charge is 0.416 e. The third kappa shape index (κ3) is 5.24. The van der Waals surface area contributed by atoms with Crippen LogP contribution in [0.3, 0.4) is 0 Å². The number of hydrogen-bond acceptors (Lipinski definition) is 4. The first-order valence-corrected chi connectivity index (χ1v) is 9.98. The van der Waals surface area contributed by atoms with Gasteiger partial charge < -0.3 is 4.74 Å². The second-order valence-corrected chi connectivity index (χ2v) is 8.94.